The minimum atomic E-state index is -0.730. The van der Waals surface area contributed by atoms with Crippen LogP contribution in [-0.4, -0.2) is 19.0 Å². The van der Waals surface area contributed by atoms with Gasteiger partial charge in [0.25, 0.3) is 5.91 Å². The molecule has 6 nitrogen and oxygen atoms in total. The average molecular weight is 446 g/mol. The van der Waals surface area contributed by atoms with Crippen molar-refractivity contribution >= 4 is 40.1 Å². The van der Waals surface area contributed by atoms with E-state index < -0.39 is 17.9 Å². The van der Waals surface area contributed by atoms with Crippen molar-refractivity contribution in [3.05, 3.63) is 110 Å². The molecule has 4 aromatic rings. The van der Waals surface area contributed by atoms with E-state index in [1.54, 1.807) is 48.5 Å². The zero-order valence-electron chi connectivity index (χ0n) is 16.9. The quantitative estimate of drug-likeness (QED) is 0.415. The number of anilines is 1. The molecule has 1 aliphatic heterocycles. The highest BCUT2D eigenvalue weighted by Crippen LogP contribution is 2.41. The van der Waals surface area contributed by atoms with Crippen molar-refractivity contribution in [2.45, 2.75) is 6.04 Å². The molecule has 3 aromatic carbocycles. The number of para-hydroxylation sites is 1. The molecule has 0 saturated carbocycles. The largest absolute Gasteiger partial charge is 0.465 e. The van der Waals surface area contributed by atoms with Gasteiger partial charge in [-0.3, -0.25) is 14.5 Å². The number of hydrogen-bond donors (Lipinski definition) is 0. The van der Waals surface area contributed by atoms with Crippen molar-refractivity contribution < 1.29 is 18.7 Å². The summed E-state index contributed by atoms with van der Waals surface area (Å²) in [6, 6.07) is 19.7. The Morgan fingerprint density at radius 2 is 1.72 bits per heavy atom. The molecule has 158 valence electrons. The fraction of sp³-hybridized carbons (Fsp3) is 0.0800. The van der Waals surface area contributed by atoms with Crippen LogP contribution in [-0.2, 0) is 4.74 Å². The Hall–Kier alpha value is -3.90. The smallest absolute Gasteiger partial charge is 0.337 e. The lowest BCUT2D eigenvalue weighted by Gasteiger charge is -2.25. The van der Waals surface area contributed by atoms with Gasteiger partial charge < -0.3 is 9.15 Å². The molecule has 0 bridgehead atoms. The standard InChI is InChI=1S/C25H16ClNO5/c1-31-25(30)15-9-7-14(8-10-15)21-20-22(28)18-13-16(26)11-12-19(18)32-23(20)24(29)27(21)17-5-3-2-4-6-17/h2-13,21H,1H3. The Morgan fingerprint density at radius 3 is 2.41 bits per heavy atom. The molecule has 0 spiro atoms. The van der Waals surface area contributed by atoms with Gasteiger partial charge in [-0.05, 0) is 48.0 Å². The minimum Gasteiger partial charge on any atom is -0.465 e. The predicted octanol–water partition coefficient (Wildman–Crippen LogP) is 4.98. The lowest BCUT2D eigenvalue weighted by molar-refractivity contribution is 0.0600. The molecule has 0 N–H and O–H groups in total. The molecule has 0 fully saturated rings. The molecule has 0 aliphatic carbocycles. The van der Waals surface area contributed by atoms with Crippen molar-refractivity contribution in [2.24, 2.45) is 0 Å². The molecule has 1 unspecified atom stereocenters. The third-order valence-corrected chi connectivity index (χ3v) is 5.75. The van der Waals surface area contributed by atoms with Gasteiger partial charge >= 0.3 is 5.97 Å². The summed E-state index contributed by atoms with van der Waals surface area (Å²) in [5.74, 6) is -0.891. The summed E-state index contributed by atoms with van der Waals surface area (Å²) >= 11 is 6.11. The summed E-state index contributed by atoms with van der Waals surface area (Å²) in [6.07, 6.45) is 0. The number of carbonyl (C=O) groups excluding carboxylic acids is 2. The Labute approximate surface area is 187 Å². The molecule has 1 aliphatic rings. The van der Waals surface area contributed by atoms with E-state index in [0.717, 1.165) is 0 Å². The van der Waals surface area contributed by atoms with Crippen LogP contribution >= 0.6 is 11.6 Å². The number of rotatable bonds is 3. The van der Waals surface area contributed by atoms with Crippen LogP contribution in [0.2, 0.25) is 5.02 Å². The van der Waals surface area contributed by atoms with Gasteiger partial charge in [0.05, 0.1) is 29.7 Å². The molecular weight excluding hydrogens is 430 g/mol. The second-order valence-electron chi connectivity index (χ2n) is 7.34. The third-order valence-electron chi connectivity index (χ3n) is 5.51. The first kappa shape index (κ1) is 20.0. The first-order valence-electron chi connectivity index (χ1n) is 9.82. The summed E-state index contributed by atoms with van der Waals surface area (Å²) < 4.78 is 10.7. The van der Waals surface area contributed by atoms with Gasteiger partial charge in [0, 0.05) is 10.7 Å². The number of amides is 1. The summed E-state index contributed by atoms with van der Waals surface area (Å²) in [7, 11) is 1.31. The number of hydrogen-bond acceptors (Lipinski definition) is 5. The molecule has 1 atom stereocenters. The van der Waals surface area contributed by atoms with Crippen molar-refractivity contribution in [3.8, 4) is 0 Å². The van der Waals surface area contributed by atoms with E-state index in [9.17, 15) is 14.4 Å². The highest BCUT2D eigenvalue weighted by atomic mass is 35.5. The number of esters is 1. The van der Waals surface area contributed by atoms with Crippen molar-refractivity contribution in [1.29, 1.82) is 0 Å². The van der Waals surface area contributed by atoms with Gasteiger partial charge in [-0.25, -0.2) is 4.79 Å². The van der Waals surface area contributed by atoms with Crippen LogP contribution in [0.4, 0.5) is 5.69 Å². The van der Waals surface area contributed by atoms with E-state index in [1.807, 2.05) is 18.2 Å². The molecule has 0 radical (unpaired) electrons. The highest BCUT2D eigenvalue weighted by molar-refractivity contribution is 6.31. The van der Waals surface area contributed by atoms with Crippen molar-refractivity contribution in [2.75, 3.05) is 12.0 Å². The van der Waals surface area contributed by atoms with Gasteiger partial charge in [0.1, 0.15) is 5.58 Å². The highest BCUT2D eigenvalue weighted by Gasteiger charge is 2.43. The number of benzene rings is 3. The van der Waals surface area contributed by atoms with Crippen molar-refractivity contribution in [3.63, 3.8) is 0 Å². The maximum Gasteiger partial charge on any atom is 0.337 e. The fourth-order valence-electron chi connectivity index (χ4n) is 4.03. The van der Waals surface area contributed by atoms with Crippen LogP contribution in [0.5, 0.6) is 0 Å². The normalized spacial score (nSPS) is 15.1. The lowest BCUT2D eigenvalue weighted by atomic mass is 9.97. The Bertz CT molecular complexity index is 1430. The fourth-order valence-corrected chi connectivity index (χ4v) is 4.21. The van der Waals surface area contributed by atoms with Crippen LogP contribution in [0.25, 0.3) is 11.0 Å². The number of nitrogens with zero attached hydrogens (tertiary/aromatic N) is 1. The van der Waals surface area contributed by atoms with Crippen LogP contribution in [0, 0.1) is 0 Å². The first-order valence-corrected chi connectivity index (χ1v) is 10.2. The Balaban J connectivity index is 1.76. The van der Waals surface area contributed by atoms with Crippen LogP contribution in [0.1, 0.15) is 38.1 Å². The van der Waals surface area contributed by atoms with Crippen molar-refractivity contribution in [1.82, 2.24) is 0 Å². The summed E-state index contributed by atoms with van der Waals surface area (Å²) in [5.41, 5.74) is 1.84. The number of ether oxygens (including phenoxy) is 1. The number of carbonyl (C=O) groups is 2. The monoisotopic (exact) mass is 445 g/mol. The average Bonchev–Trinajstić information content (AvgIpc) is 3.12. The Kier molecular flexibility index (Phi) is 4.79. The molecular formula is C25H16ClNO5. The molecule has 1 amide bonds. The first-order chi connectivity index (χ1) is 15.5. The summed E-state index contributed by atoms with van der Waals surface area (Å²) in [5, 5.41) is 0.697. The molecule has 5 rings (SSSR count). The SMILES string of the molecule is COC(=O)c1ccc(C2c3c(oc4ccc(Cl)cc4c3=O)C(=O)N2c2ccccc2)cc1. The van der Waals surface area contributed by atoms with E-state index >= 15 is 0 Å². The maximum absolute atomic E-state index is 13.5. The van der Waals surface area contributed by atoms with E-state index in [1.165, 1.54) is 18.1 Å². The van der Waals surface area contributed by atoms with Gasteiger partial charge in [-0.15, -0.1) is 0 Å². The second kappa shape index (κ2) is 7.66. The van der Waals surface area contributed by atoms with Gasteiger partial charge in [-0.1, -0.05) is 41.9 Å². The van der Waals surface area contributed by atoms with Crippen LogP contribution in [0.3, 0.4) is 0 Å². The minimum absolute atomic E-state index is 0.00396. The van der Waals surface area contributed by atoms with Gasteiger partial charge in [0.2, 0.25) is 5.76 Å². The number of halogens is 1. The molecule has 2 heterocycles. The van der Waals surface area contributed by atoms with Crippen LogP contribution < -0.4 is 10.3 Å². The van der Waals surface area contributed by atoms with Crippen LogP contribution in [0.15, 0.2) is 82.0 Å². The maximum atomic E-state index is 13.5. The lowest BCUT2D eigenvalue weighted by Crippen LogP contribution is -2.29. The second-order valence-corrected chi connectivity index (χ2v) is 7.78. The van der Waals surface area contributed by atoms with Gasteiger partial charge in [-0.2, -0.15) is 0 Å². The molecule has 1 aromatic heterocycles. The molecule has 7 heteroatoms. The molecule has 32 heavy (non-hydrogen) atoms. The number of methoxy groups -OCH3 is 1. The number of fused-ring (bicyclic) bond motifs is 2. The molecule has 0 saturated heterocycles. The van der Waals surface area contributed by atoms with E-state index in [4.69, 9.17) is 20.8 Å². The zero-order valence-corrected chi connectivity index (χ0v) is 17.6. The summed E-state index contributed by atoms with van der Waals surface area (Å²) in [6.45, 7) is 0. The van der Waals surface area contributed by atoms with E-state index in [-0.39, 0.29) is 16.8 Å². The van der Waals surface area contributed by atoms with Gasteiger partial charge in [0.15, 0.2) is 5.43 Å². The Morgan fingerprint density at radius 1 is 1.00 bits per heavy atom. The predicted molar refractivity (Wildman–Crippen MR) is 120 cm³/mol. The zero-order chi connectivity index (χ0) is 22.4. The third kappa shape index (κ3) is 3.08. The summed E-state index contributed by atoms with van der Waals surface area (Å²) in [4.78, 5) is 40.4. The van der Waals surface area contributed by atoms with E-state index in [0.29, 0.717) is 32.8 Å². The van der Waals surface area contributed by atoms with E-state index in [2.05, 4.69) is 0 Å². The topological polar surface area (TPSA) is 76.8 Å².